The molecule has 0 atom stereocenters. The standard InChI is InChI=1S/C13H16BrNO/c14-10-4-3-5-11-12(10)16-9-13(8-15-11)6-1-2-7-13/h3-5,15H,1-2,6-9H2. The van der Waals surface area contributed by atoms with Crippen LogP contribution in [0.1, 0.15) is 25.7 Å². The van der Waals surface area contributed by atoms with E-state index in [1.54, 1.807) is 0 Å². The minimum atomic E-state index is 0.373. The number of fused-ring (bicyclic) bond motifs is 1. The van der Waals surface area contributed by atoms with Gasteiger partial charge in [0.25, 0.3) is 0 Å². The van der Waals surface area contributed by atoms with E-state index in [9.17, 15) is 0 Å². The minimum Gasteiger partial charge on any atom is -0.490 e. The molecule has 0 saturated heterocycles. The normalized spacial score (nSPS) is 22.1. The van der Waals surface area contributed by atoms with E-state index in [1.807, 2.05) is 12.1 Å². The van der Waals surface area contributed by atoms with Gasteiger partial charge < -0.3 is 10.1 Å². The number of anilines is 1. The van der Waals surface area contributed by atoms with E-state index >= 15 is 0 Å². The lowest BCUT2D eigenvalue weighted by Gasteiger charge is -2.25. The van der Waals surface area contributed by atoms with Gasteiger partial charge in [-0.2, -0.15) is 0 Å². The Morgan fingerprint density at radius 3 is 2.88 bits per heavy atom. The van der Waals surface area contributed by atoms with Gasteiger partial charge in [-0.15, -0.1) is 0 Å². The van der Waals surface area contributed by atoms with Crippen molar-refractivity contribution in [3.8, 4) is 5.75 Å². The van der Waals surface area contributed by atoms with Gasteiger partial charge in [0.2, 0.25) is 0 Å². The first kappa shape index (κ1) is 10.5. The summed E-state index contributed by atoms with van der Waals surface area (Å²) in [5.41, 5.74) is 1.50. The topological polar surface area (TPSA) is 21.3 Å². The highest BCUT2D eigenvalue weighted by Crippen LogP contribution is 2.43. The Morgan fingerprint density at radius 2 is 2.06 bits per heavy atom. The Balaban J connectivity index is 1.89. The molecule has 1 heterocycles. The highest BCUT2D eigenvalue weighted by atomic mass is 79.9. The van der Waals surface area contributed by atoms with Crippen molar-refractivity contribution in [2.45, 2.75) is 25.7 Å². The Kier molecular flexibility index (Phi) is 2.58. The molecule has 0 amide bonds. The first-order valence-corrected chi connectivity index (χ1v) is 6.74. The summed E-state index contributed by atoms with van der Waals surface area (Å²) in [6.07, 6.45) is 5.29. The average Bonchev–Trinajstić information content (AvgIpc) is 2.65. The van der Waals surface area contributed by atoms with Crippen molar-refractivity contribution in [2.24, 2.45) is 5.41 Å². The van der Waals surface area contributed by atoms with Gasteiger partial charge in [-0.1, -0.05) is 18.9 Å². The van der Waals surface area contributed by atoms with E-state index in [0.717, 1.165) is 29.1 Å². The van der Waals surface area contributed by atoms with Crippen LogP contribution < -0.4 is 10.1 Å². The molecule has 86 valence electrons. The van der Waals surface area contributed by atoms with Crippen LogP contribution in [0.3, 0.4) is 0 Å². The summed E-state index contributed by atoms with van der Waals surface area (Å²) in [5, 5.41) is 3.54. The van der Waals surface area contributed by atoms with Gasteiger partial charge in [-0.3, -0.25) is 0 Å². The number of ether oxygens (including phenoxy) is 1. The number of halogens is 1. The summed E-state index contributed by atoms with van der Waals surface area (Å²) < 4.78 is 7.06. The molecule has 2 nitrogen and oxygen atoms in total. The first-order chi connectivity index (χ1) is 7.79. The summed E-state index contributed by atoms with van der Waals surface area (Å²) >= 11 is 3.55. The van der Waals surface area contributed by atoms with Gasteiger partial charge >= 0.3 is 0 Å². The number of para-hydroxylation sites is 1. The SMILES string of the molecule is Brc1cccc2c1OCC1(CCCC1)CN2. The molecule has 0 radical (unpaired) electrons. The number of nitrogens with one attached hydrogen (secondary N) is 1. The molecule has 0 bridgehead atoms. The van der Waals surface area contributed by atoms with Gasteiger partial charge in [0.15, 0.2) is 5.75 Å². The second kappa shape index (κ2) is 3.95. The van der Waals surface area contributed by atoms with Crippen molar-refractivity contribution in [1.82, 2.24) is 0 Å². The van der Waals surface area contributed by atoms with Crippen LogP contribution >= 0.6 is 15.9 Å². The molecule has 1 aromatic carbocycles. The Bertz CT molecular complexity index is 399. The molecule has 1 aliphatic heterocycles. The van der Waals surface area contributed by atoms with Gasteiger partial charge in [-0.05, 0) is 40.9 Å². The Hall–Kier alpha value is -0.700. The molecule has 1 N–H and O–H groups in total. The molecule has 1 aromatic rings. The number of hydrogen-bond acceptors (Lipinski definition) is 2. The predicted molar refractivity (Wildman–Crippen MR) is 69.0 cm³/mol. The van der Waals surface area contributed by atoms with Crippen molar-refractivity contribution in [3.63, 3.8) is 0 Å². The fourth-order valence-corrected chi connectivity index (χ4v) is 3.28. The summed E-state index contributed by atoms with van der Waals surface area (Å²) in [7, 11) is 0. The van der Waals surface area contributed by atoms with Crippen LogP contribution in [0, 0.1) is 5.41 Å². The lowest BCUT2D eigenvalue weighted by atomic mass is 9.87. The molecular weight excluding hydrogens is 266 g/mol. The van der Waals surface area contributed by atoms with Crippen molar-refractivity contribution in [3.05, 3.63) is 22.7 Å². The molecule has 1 saturated carbocycles. The largest absolute Gasteiger partial charge is 0.490 e. The quantitative estimate of drug-likeness (QED) is 0.781. The lowest BCUT2D eigenvalue weighted by Crippen LogP contribution is -2.30. The maximum absolute atomic E-state index is 6.01. The maximum Gasteiger partial charge on any atom is 0.156 e. The fraction of sp³-hybridized carbons (Fsp3) is 0.538. The van der Waals surface area contributed by atoms with Crippen LogP contribution in [-0.4, -0.2) is 13.2 Å². The molecule has 3 rings (SSSR count). The zero-order valence-corrected chi connectivity index (χ0v) is 10.8. The van der Waals surface area contributed by atoms with Crippen LogP contribution in [0.2, 0.25) is 0 Å². The van der Waals surface area contributed by atoms with Crippen LogP contribution in [0.15, 0.2) is 22.7 Å². The van der Waals surface area contributed by atoms with Gasteiger partial charge in [-0.25, -0.2) is 0 Å². The minimum absolute atomic E-state index is 0.373. The number of benzene rings is 1. The predicted octanol–water partition coefficient (Wildman–Crippen LogP) is 3.81. The average molecular weight is 282 g/mol. The number of rotatable bonds is 0. The van der Waals surface area contributed by atoms with Crippen LogP contribution in [0.5, 0.6) is 5.75 Å². The molecular formula is C13H16BrNO. The third-order valence-corrected chi connectivity index (χ3v) is 4.43. The lowest BCUT2D eigenvalue weighted by molar-refractivity contribution is 0.168. The number of hydrogen-bond donors (Lipinski definition) is 1. The maximum atomic E-state index is 6.01. The van der Waals surface area contributed by atoms with Crippen LogP contribution in [0.4, 0.5) is 5.69 Å². The summed E-state index contributed by atoms with van der Waals surface area (Å²) in [6.45, 7) is 1.91. The second-order valence-electron chi connectivity index (χ2n) is 4.97. The molecule has 1 aliphatic carbocycles. The molecule has 0 aromatic heterocycles. The van der Waals surface area contributed by atoms with Gasteiger partial charge in [0.1, 0.15) is 0 Å². The summed E-state index contributed by atoms with van der Waals surface area (Å²) in [4.78, 5) is 0. The van der Waals surface area contributed by atoms with E-state index in [4.69, 9.17) is 4.74 Å². The van der Waals surface area contributed by atoms with E-state index in [1.165, 1.54) is 25.7 Å². The molecule has 3 heteroatoms. The summed E-state index contributed by atoms with van der Waals surface area (Å²) in [6, 6.07) is 6.17. The van der Waals surface area contributed by atoms with E-state index < -0.39 is 0 Å². The van der Waals surface area contributed by atoms with E-state index in [-0.39, 0.29) is 0 Å². The molecule has 1 spiro atoms. The monoisotopic (exact) mass is 281 g/mol. The first-order valence-electron chi connectivity index (χ1n) is 5.94. The third kappa shape index (κ3) is 1.71. The zero-order chi connectivity index (χ0) is 11.0. The van der Waals surface area contributed by atoms with Gasteiger partial charge in [0, 0.05) is 12.0 Å². The molecule has 1 fully saturated rings. The Morgan fingerprint density at radius 1 is 1.25 bits per heavy atom. The highest BCUT2D eigenvalue weighted by molar-refractivity contribution is 9.10. The van der Waals surface area contributed by atoms with E-state index in [0.29, 0.717) is 5.41 Å². The Labute approximate surface area is 105 Å². The van der Waals surface area contributed by atoms with Crippen molar-refractivity contribution in [1.29, 1.82) is 0 Å². The fourth-order valence-electron chi connectivity index (χ4n) is 2.80. The van der Waals surface area contributed by atoms with Crippen molar-refractivity contribution < 1.29 is 4.74 Å². The summed E-state index contributed by atoms with van der Waals surface area (Å²) in [5.74, 6) is 0.978. The zero-order valence-electron chi connectivity index (χ0n) is 9.26. The van der Waals surface area contributed by atoms with Crippen LogP contribution in [-0.2, 0) is 0 Å². The van der Waals surface area contributed by atoms with Crippen molar-refractivity contribution in [2.75, 3.05) is 18.5 Å². The van der Waals surface area contributed by atoms with Gasteiger partial charge in [0.05, 0.1) is 16.8 Å². The third-order valence-electron chi connectivity index (χ3n) is 3.81. The van der Waals surface area contributed by atoms with Crippen LogP contribution in [0.25, 0.3) is 0 Å². The highest BCUT2D eigenvalue weighted by Gasteiger charge is 2.36. The molecule has 2 aliphatic rings. The van der Waals surface area contributed by atoms with E-state index in [2.05, 4.69) is 27.3 Å². The molecule has 16 heavy (non-hydrogen) atoms. The second-order valence-corrected chi connectivity index (χ2v) is 5.82. The van der Waals surface area contributed by atoms with Crippen molar-refractivity contribution >= 4 is 21.6 Å². The molecule has 0 unspecified atom stereocenters. The smallest absolute Gasteiger partial charge is 0.156 e.